The molecule has 4 heteroatoms. The summed E-state index contributed by atoms with van der Waals surface area (Å²) >= 11 is 0. The van der Waals surface area contributed by atoms with E-state index in [2.05, 4.69) is 24.3 Å². The van der Waals surface area contributed by atoms with Crippen LogP contribution in [0.4, 0.5) is 0 Å². The van der Waals surface area contributed by atoms with Crippen molar-refractivity contribution in [1.82, 2.24) is 0 Å². The van der Waals surface area contributed by atoms with Crippen molar-refractivity contribution in [2.24, 2.45) is 0 Å². The molecule has 0 heterocycles. The van der Waals surface area contributed by atoms with Crippen LogP contribution in [0.15, 0.2) is 48.5 Å². The lowest BCUT2D eigenvalue weighted by molar-refractivity contribution is 0.201. The van der Waals surface area contributed by atoms with Crippen molar-refractivity contribution < 1.29 is 19.7 Å². The van der Waals surface area contributed by atoms with Crippen molar-refractivity contribution in [3.63, 3.8) is 0 Å². The summed E-state index contributed by atoms with van der Waals surface area (Å²) < 4.78 is 11.0. The molecule has 1 aliphatic carbocycles. The van der Waals surface area contributed by atoms with Crippen LogP contribution in [-0.2, 0) is 5.41 Å². The second kappa shape index (κ2) is 8.37. The van der Waals surface area contributed by atoms with Gasteiger partial charge in [-0.05, 0) is 48.2 Å². The zero-order chi connectivity index (χ0) is 17.5. The van der Waals surface area contributed by atoms with Crippen LogP contribution in [-0.4, -0.2) is 36.6 Å². The number of aliphatic hydroxyl groups excluding tert-OH is 2. The minimum Gasteiger partial charge on any atom is -0.491 e. The average molecular weight is 342 g/mol. The topological polar surface area (TPSA) is 58.9 Å². The Morgan fingerprint density at radius 2 is 1.08 bits per heavy atom. The fourth-order valence-corrected chi connectivity index (χ4v) is 3.79. The molecule has 1 aliphatic rings. The highest BCUT2D eigenvalue weighted by atomic mass is 16.5. The van der Waals surface area contributed by atoms with Gasteiger partial charge in [-0.25, -0.2) is 0 Å². The molecule has 0 atom stereocenters. The number of aliphatic hydroxyl groups is 2. The first-order chi connectivity index (χ1) is 12.3. The molecule has 2 N–H and O–H groups in total. The number of rotatable bonds is 8. The van der Waals surface area contributed by atoms with E-state index in [9.17, 15) is 0 Å². The Bertz CT molecular complexity index is 589. The summed E-state index contributed by atoms with van der Waals surface area (Å²) in [6.07, 6.45) is 4.73. The monoisotopic (exact) mass is 342 g/mol. The minimum absolute atomic E-state index is 0.0242. The van der Waals surface area contributed by atoms with Crippen molar-refractivity contribution in [3.8, 4) is 11.5 Å². The van der Waals surface area contributed by atoms with Crippen molar-refractivity contribution in [2.45, 2.75) is 31.1 Å². The van der Waals surface area contributed by atoms with Gasteiger partial charge in [-0.1, -0.05) is 37.1 Å². The summed E-state index contributed by atoms with van der Waals surface area (Å²) in [5.41, 5.74) is 2.67. The van der Waals surface area contributed by atoms with Gasteiger partial charge in [0.1, 0.15) is 24.7 Å². The van der Waals surface area contributed by atoms with E-state index in [4.69, 9.17) is 19.7 Å². The summed E-state index contributed by atoms with van der Waals surface area (Å²) in [4.78, 5) is 0. The lowest BCUT2D eigenvalue weighted by atomic mass is 9.73. The Morgan fingerprint density at radius 3 is 1.44 bits per heavy atom. The maximum absolute atomic E-state index is 8.87. The fourth-order valence-electron chi connectivity index (χ4n) is 3.79. The molecule has 0 spiro atoms. The molecule has 3 rings (SSSR count). The van der Waals surface area contributed by atoms with Crippen LogP contribution in [0.5, 0.6) is 11.5 Å². The fraction of sp³-hybridized carbons (Fsp3) is 0.429. The van der Waals surface area contributed by atoms with Crippen LogP contribution in [0.3, 0.4) is 0 Å². The predicted molar refractivity (Wildman–Crippen MR) is 97.3 cm³/mol. The molecule has 0 saturated heterocycles. The molecular formula is C21H26O4. The van der Waals surface area contributed by atoms with E-state index in [-0.39, 0.29) is 18.6 Å². The molecule has 0 aliphatic heterocycles. The minimum atomic E-state index is 0.0242. The van der Waals surface area contributed by atoms with Crippen molar-refractivity contribution in [3.05, 3.63) is 59.7 Å². The van der Waals surface area contributed by atoms with Gasteiger partial charge in [-0.2, -0.15) is 0 Å². The Morgan fingerprint density at radius 1 is 0.680 bits per heavy atom. The summed E-state index contributed by atoms with van der Waals surface area (Å²) in [7, 11) is 0. The molecule has 0 aromatic heterocycles. The normalized spacial score (nSPS) is 15.9. The first-order valence-electron chi connectivity index (χ1n) is 8.97. The van der Waals surface area contributed by atoms with Crippen molar-refractivity contribution >= 4 is 0 Å². The largest absolute Gasteiger partial charge is 0.491 e. The van der Waals surface area contributed by atoms with Gasteiger partial charge in [-0.3, -0.25) is 0 Å². The lowest BCUT2D eigenvalue weighted by Crippen LogP contribution is -2.23. The van der Waals surface area contributed by atoms with Gasteiger partial charge in [-0.15, -0.1) is 0 Å². The van der Waals surface area contributed by atoms with E-state index in [1.807, 2.05) is 24.3 Å². The molecule has 0 bridgehead atoms. The average Bonchev–Trinajstić information content (AvgIpc) is 3.16. The van der Waals surface area contributed by atoms with Gasteiger partial charge in [0.05, 0.1) is 13.2 Å². The maximum atomic E-state index is 8.87. The van der Waals surface area contributed by atoms with Gasteiger partial charge < -0.3 is 19.7 Å². The van der Waals surface area contributed by atoms with E-state index in [1.54, 1.807) is 0 Å². The molecule has 0 amide bonds. The van der Waals surface area contributed by atoms with Gasteiger partial charge in [0, 0.05) is 5.41 Å². The van der Waals surface area contributed by atoms with E-state index >= 15 is 0 Å². The second-order valence-corrected chi connectivity index (χ2v) is 6.48. The molecule has 1 saturated carbocycles. The van der Waals surface area contributed by atoms with E-state index in [1.165, 1.54) is 24.0 Å². The van der Waals surface area contributed by atoms with Crippen LogP contribution in [0.2, 0.25) is 0 Å². The molecule has 1 fully saturated rings. The second-order valence-electron chi connectivity index (χ2n) is 6.48. The summed E-state index contributed by atoms with van der Waals surface area (Å²) in [6.45, 7) is 0.687. The quantitative estimate of drug-likeness (QED) is 0.773. The summed E-state index contributed by atoms with van der Waals surface area (Å²) in [6, 6.07) is 16.5. The van der Waals surface area contributed by atoms with Crippen LogP contribution in [0.1, 0.15) is 36.8 Å². The van der Waals surface area contributed by atoms with E-state index in [0.717, 1.165) is 24.3 Å². The highest BCUT2D eigenvalue weighted by Gasteiger charge is 2.37. The molecular weight excluding hydrogens is 316 g/mol. The van der Waals surface area contributed by atoms with Crippen LogP contribution in [0.25, 0.3) is 0 Å². The molecule has 0 unspecified atom stereocenters. The molecule has 2 aromatic rings. The standard InChI is InChI=1S/C21H26O4/c22-13-15-24-19-7-3-17(4-8-19)21(11-1-2-12-21)18-5-9-20(10-6-18)25-16-14-23/h3-10,22-23H,1-2,11-16H2. The van der Waals surface area contributed by atoms with Crippen molar-refractivity contribution in [1.29, 1.82) is 0 Å². The Hall–Kier alpha value is -2.04. The predicted octanol–water partition coefficient (Wildman–Crippen LogP) is 3.29. The van der Waals surface area contributed by atoms with E-state index in [0.29, 0.717) is 13.2 Å². The highest BCUT2D eigenvalue weighted by molar-refractivity contribution is 5.44. The van der Waals surface area contributed by atoms with Crippen LogP contribution < -0.4 is 9.47 Å². The van der Waals surface area contributed by atoms with Gasteiger partial charge >= 0.3 is 0 Å². The Kier molecular flexibility index (Phi) is 5.95. The molecule has 2 aromatic carbocycles. The summed E-state index contributed by atoms with van der Waals surface area (Å²) in [5.74, 6) is 1.58. The lowest BCUT2D eigenvalue weighted by Gasteiger charge is -2.31. The smallest absolute Gasteiger partial charge is 0.119 e. The Balaban J connectivity index is 1.83. The first kappa shape index (κ1) is 17.8. The molecule has 25 heavy (non-hydrogen) atoms. The highest BCUT2D eigenvalue weighted by Crippen LogP contribution is 2.47. The van der Waals surface area contributed by atoms with Crippen LogP contribution >= 0.6 is 0 Å². The number of benzene rings is 2. The van der Waals surface area contributed by atoms with Gasteiger partial charge in [0.25, 0.3) is 0 Å². The molecule has 4 nitrogen and oxygen atoms in total. The first-order valence-corrected chi connectivity index (χ1v) is 8.97. The maximum Gasteiger partial charge on any atom is 0.119 e. The third-order valence-corrected chi connectivity index (χ3v) is 4.99. The zero-order valence-electron chi connectivity index (χ0n) is 14.5. The third kappa shape index (κ3) is 3.97. The molecule has 134 valence electrons. The summed E-state index contributed by atoms with van der Waals surface area (Å²) in [5, 5.41) is 17.7. The van der Waals surface area contributed by atoms with Gasteiger partial charge in [0.15, 0.2) is 0 Å². The SMILES string of the molecule is OCCOc1ccc(C2(c3ccc(OCCO)cc3)CCCC2)cc1. The van der Waals surface area contributed by atoms with Crippen molar-refractivity contribution in [2.75, 3.05) is 26.4 Å². The van der Waals surface area contributed by atoms with Gasteiger partial charge in [0.2, 0.25) is 0 Å². The Labute approximate surface area is 149 Å². The third-order valence-electron chi connectivity index (χ3n) is 4.99. The van der Waals surface area contributed by atoms with E-state index < -0.39 is 0 Å². The number of hydrogen-bond acceptors (Lipinski definition) is 4. The zero-order valence-corrected chi connectivity index (χ0v) is 14.5. The number of ether oxygens (including phenoxy) is 2. The molecule has 0 radical (unpaired) electrons. The number of hydrogen-bond donors (Lipinski definition) is 2. The van der Waals surface area contributed by atoms with Crippen LogP contribution in [0, 0.1) is 0 Å².